The van der Waals surface area contributed by atoms with E-state index in [2.05, 4.69) is 0 Å². The largest absolute Gasteiger partial charge is 0.481 e. The molecule has 22 nitrogen and oxygen atoms in total. The van der Waals surface area contributed by atoms with Gasteiger partial charge in [-0.05, 0) is 25.2 Å². The van der Waals surface area contributed by atoms with Crippen molar-refractivity contribution in [3.8, 4) is 0 Å². The molecular formula is C20H38O22P4S. The van der Waals surface area contributed by atoms with E-state index in [4.69, 9.17) is 34.9 Å². The third-order valence-corrected chi connectivity index (χ3v) is 14.6. The topological polar surface area (TPSA) is 413 Å². The Hall–Kier alpha value is -1.57. The molecule has 0 aliphatic heterocycles. The first kappa shape index (κ1) is 45.4. The van der Waals surface area contributed by atoms with Crippen LogP contribution in [0, 0.1) is 5.92 Å². The van der Waals surface area contributed by atoms with Gasteiger partial charge in [0.1, 0.15) is 9.84 Å². The van der Waals surface area contributed by atoms with Crippen LogP contribution in [0.2, 0.25) is 0 Å². The second-order valence-corrected chi connectivity index (χ2v) is 20.8. The average molecular weight is 786 g/mol. The van der Waals surface area contributed by atoms with Crippen LogP contribution in [0.4, 0.5) is 0 Å². The van der Waals surface area contributed by atoms with Gasteiger partial charge in [-0.15, -0.1) is 0 Å². The van der Waals surface area contributed by atoms with Gasteiger partial charge in [0.25, 0.3) is 0 Å². The summed E-state index contributed by atoms with van der Waals surface area (Å²) < 4.78 is 68.3. The smallest absolute Gasteiger partial charge is 0.343 e. The van der Waals surface area contributed by atoms with Gasteiger partial charge < -0.3 is 59.6 Å². The molecule has 0 aromatic heterocycles. The van der Waals surface area contributed by atoms with E-state index in [0.717, 1.165) is 32.1 Å². The number of sulfone groups is 1. The van der Waals surface area contributed by atoms with Crippen LogP contribution in [0.5, 0.6) is 0 Å². The lowest BCUT2D eigenvalue weighted by atomic mass is 9.83. The summed E-state index contributed by atoms with van der Waals surface area (Å²) >= 11 is 0. The number of aliphatic carboxylic acids is 4. The lowest BCUT2D eigenvalue weighted by Crippen LogP contribution is -2.48. The molecule has 0 saturated heterocycles. The Balaban J connectivity index is 0.000000909. The molecule has 4 atom stereocenters. The Morgan fingerprint density at radius 2 is 1.00 bits per heavy atom. The maximum Gasteiger partial charge on any atom is 0.343 e. The Morgan fingerprint density at radius 1 is 0.660 bits per heavy atom. The van der Waals surface area contributed by atoms with E-state index in [1.165, 1.54) is 0 Å². The zero-order valence-corrected chi connectivity index (χ0v) is 28.8. The highest BCUT2D eigenvalue weighted by molar-refractivity contribution is 7.91. The Labute approximate surface area is 266 Å². The summed E-state index contributed by atoms with van der Waals surface area (Å²) in [5.74, 6) is -10.2. The van der Waals surface area contributed by atoms with Crippen LogP contribution in [0.25, 0.3) is 0 Å². The van der Waals surface area contributed by atoms with Crippen LogP contribution in [0.1, 0.15) is 57.8 Å². The van der Waals surface area contributed by atoms with Crippen molar-refractivity contribution in [3.63, 3.8) is 0 Å². The molecule has 276 valence electrons. The normalized spacial score (nSPS) is 19.2. The highest BCUT2D eigenvalue weighted by atomic mass is 32.2. The molecule has 27 heteroatoms. The second kappa shape index (κ2) is 16.4. The molecule has 0 aromatic rings. The molecule has 0 bridgehead atoms. The number of hydrogen-bond acceptors (Lipinski definition) is 10. The van der Waals surface area contributed by atoms with Gasteiger partial charge in [-0.3, -0.25) is 37.4 Å². The summed E-state index contributed by atoms with van der Waals surface area (Å²) in [5.41, 5.74) is -5.29. The molecule has 0 radical (unpaired) electrons. The fourth-order valence-corrected chi connectivity index (χ4v) is 11.1. The Morgan fingerprint density at radius 3 is 1.26 bits per heavy atom. The number of hydrogen-bond donors (Lipinski definition) is 12. The van der Waals surface area contributed by atoms with Crippen molar-refractivity contribution in [3.05, 3.63) is 0 Å². The fraction of sp³-hybridized carbons (Fsp3) is 0.800. The van der Waals surface area contributed by atoms with Gasteiger partial charge in [-0.2, -0.15) is 0 Å². The maximum atomic E-state index is 11.9. The summed E-state index contributed by atoms with van der Waals surface area (Å²) in [6.07, 6.45) is 1.35. The van der Waals surface area contributed by atoms with Crippen LogP contribution in [0.15, 0.2) is 0 Å². The Kier molecular flexibility index (Phi) is 15.9. The molecule has 0 heterocycles. The highest BCUT2D eigenvalue weighted by Crippen LogP contribution is 2.60. The summed E-state index contributed by atoms with van der Waals surface area (Å²) in [5, 5.41) is 29.9. The summed E-state index contributed by atoms with van der Waals surface area (Å²) in [4.78, 5) is 119. The number of rotatable bonds is 17. The minimum Gasteiger partial charge on any atom is -0.481 e. The fourth-order valence-electron chi connectivity index (χ4n) is 4.91. The van der Waals surface area contributed by atoms with Crippen LogP contribution in [-0.4, -0.2) is 126 Å². The van der Waals surface area contributed by atoms with Gasteiger partial charge in [0.2, 0.25) is 0 Å². The van der Waals surface area contributed by atoms with Crippen molar-refractivity contribution in [2.45, 2.75) is 79.4 Å². The van der Waals surface area contributed by atoms with Crippen molar-refractivity contribution in [2.75, 3.05) is 12.0 Å². The van der Waals surface area contributed by atoms with E-state index < -0.39 is 111 Å². The van der Waals surface area contributed by atoms with Crippen LogP contribution < -0.4 is 0 Å². The third kappa shape index (κ3) is 13.0. The van der Waals surface area contributed by atoms with Gasteiger partial charge in [-0.25, -0.2) is 8.42 Å². The molecule has 0 spiro atoms. The minimum absolute atomic E-state index is 0.0531. The summed E-state index contributed by atoms with van der Waals surface area (Å²) in [6.45, 7) is 0. The highest BCUT2D eigenvalue weighted by Gasteiger charge is 2.60. The van der Waals surface area contributed by atoms with E-state index in [-0.39, 0.29) is 12.3 Å². The molecule has 47 heavy (non-hydrogen) atoms. The lowest BCUT2D eigenvalue weighted by molar-refractivity contribution is -0.143. The molecule has 0 aromatic carbocycles. The molecule has 1 saturated carbocycles. The number of carboxylic acids is 4. The first-order valence-corrected chi connectivity index (χ1v) is 21.7. The quantitative estimate of drug-likeness (QED) is 0.0820. The first-order chi connectivity index (χ1) is 20.7. The second-order valence-electron chi connectivity index (χ2n) is 11.2. The summed E-state index contributed by atoms with van der Waals surface area (Å²) in [6, 6.07) is 0. The maximum absolute atomic E-state index is 11.9. The third-order valence-electron chi connectivity index (χ3n) is 7.55. The van der Waals surface area contributed by atoms with Gasteiger partial charge >= 0.3 is 54.3 Å². The molecule has 4 unspecified atom stereocenters. The van der Waals surface area contributed by atoms with Crippen LogP contribution >= 0.6 is 30.4 Å². The van der Waals surface area contributed by atoms with Gasteiger partial charge in [0, 0.05) is 12.7 Å². The molecule has 1 fully saturated rings. The standard InChI is InChI=1S/C13H24O10P2.C7H14O12P2S/c14-11(15)10(24(18,19)20)8-13(12(16)17,25(21,22)23)7-6-9-4-2-1-3-5-9;1-22(18,19)3-7(6(10)11,21(15,16)17)2-4(5(8)9)20(12,13)14/h9-10H,1-8H2,(H,14,15)(H,16,17)(H2,18,19,20)(H2,21,22,23);4H,2-3H2,1H3,(H,8,9)(H,10,11)(H2,12,13,14)(H2,15,16,17). The van der Waals surface area contributed by atoms with E-state index >= 15 is 0 Å². The van der Waals surface area contributed by atoms with Crippen molar-refractivity contribution in [2.24, 2.45) is 5.92 Å². The minimum atomic E-state index is -5.81. The molecule has 0 amide bonds. The SMILES string of the molecule is CS(=O)(=O)CC(CC(C(=O)O)P(=O)(O)O)(C(=O)O)P(=O)(O)O.O=C(O)C(CC(CCC1CCCCC1)(C(=O)O)P(=O)(O)O)P(=O)(O)O. The molecular weight excluding hydrogens is 748 g/mol. The molecule has 1 rings (SSSR count). The van der Waals surface area contributed by atoms with E-state index in [9.17, 15) is 70.5 Å². The molecule has 1 aliphatic rings. The van der Waals surface area contributed by atoms with Gasteiger partial charge in [0.15, 0.2) is 21.6 Å². The van der Waals surface area contributed by atoms with Crippen LogP contribution in [0.3, 0.4) is 0 Å². The number of carbonyl (C=O) groups is 4. The zero-order chi connectivity index (χ0) is 37.6. The van der Waals surface area contributed by atoms with E-state index in [1.807, 2.05) is 0 Å². The monoisotopic (exact) mass is 786 g/mol. The van der Waals surface area contributed by atoms with E-state index in [1.54, 1.807) is 0 Å². The zero-order valence-electron chi connectivity index (χ0n) is 24.4. The van der Waals surface area contributed by atoms with Crippen molar-refractivity contribution < 1.29 is 105 Å². The van der Waals surface area contributed by atoms with Gasteiger partial charge in [-0.1, -0.05) is 32.1 Å². The Bertz CT molecular complexity index is 1460. The van der Waals surface area contributed by atoms with E-state index in [0.29, 0.717) is 6.26 Å². The molecule has 12 N–H and O–H groups in total. The average Bonchev–Trinajstić information content (AvgIpc) is 2.83. The number of carboxylic acid groups (broad SMARTS) is 4. The predicted molar refractivity (Wildman–Crippen MR) is 157 cm³/mol. The lowest BCUT2D eigenvalue weighted by Gasteiger charge is -2.34. The van der Waals surface area contributed by atoms with Crippen molar-refractivity contribution in [1.29, 1.82) is 0 Å². The van der Waals surface area contributed by atoms with Crippen LogP contribution in [-0.2, 0) is 47.3 Å². The molecule has 1 aliphatic carbocycles. The van der Waals surface area contributed by atoms with Gasteiger partial charge in [0.05, 0.1) is 5.75 Å². The summed E-state index contributed by atoms with van der Waals surface area (Å²) in [7, 11) is -26.4. The first-order valence-electron chi connectivity index (χ1n) is 13.1. The van der Waals surface area contributed by atoms with Crippen molar-refractivity contribution >= 4 is 64.1 Å². The predicted octanol–water partition coefficient (Wildman–Crippen LogP) is -0.578. The van der Waals surface area contributed by atoms with Crippen molar-refractivity contribution in [1.82, 2.24) is 0 Å².